The Bertz CT molecular complexity index is 3180. The summed E-state index contributed by atoms with van der Waals surface area (Å²) >= 11 is 12.9. The zero-order valence-electron chi connectivity index (χ0n) is 42.3. The first-order valence-electron chi connectivity index (χ1n) is 25.4. The van der Waals surface area contributed by atoms with Gasteiger partial charge in [-0.15, -0.1) is 0 Å². The summed E-state index contributed by atoms with van der Waals surface area (Å²) in [6.07, 6.45) is 8.77. The SMILES string of the molecule is CCCC(=O)NCCn1ccc(-c2cc(Cl)c(Cl)c3[nH]c4c(c23)CN(C(=O)CO)CC4)n1.Cn1nc2c(=O)n(CC3(O)CCN(C(=O)CCc4ccccc4)CC3)cnc2c1-c1ccc(CNCCCNC=O)cc1. The van der Waals surface area contributed by atoms with Gasteiger partial charge in [0.1, 0.15) is 12.1 Å². The number of rotatable bonds is 20. The lowest BCUT2D eigenvalue weighted by atomic mass is 9.91. The molecule has 1 saturated heterocycles. The van der Waals surface area contributed by atoms with E-state index < -0.39 is 12.2 Å². The quantitative estimate of drug-likeness (QED) is 0.0432. The van der Waals surface area contributed by atoms with E-state index in [1.807, 2.05) is 78.7 Å². The molecule has 0 spiro atoms. The number of fused-ring (bicyclic) bond motifs is 4. The maximum absolute atomic E-state index is 13.4. The molecule has 3 aromatic carbocycles. The van der Waals surface area contributed by atoms with Crippen LogP contribution in [0, 0.1) is 0 Å². The normalized spacial score (nSPS) is 14.1. The summed E-state index contributed by atoms with van der Waals surface area (Å²) in [5, 5.41) is 40.4. The van der Waals surface area contributed by atoms with Crippen LogP contribution in [0.1, 0.15) is 67.8 Å². The Balaban J connectivity index is 0.000000208. The molecule has 4 aromatic heterocycles. The number of nitrogens with zero attached hydrogens (tertiary/aromatic N) is 8. The Morgan fingerprint density at radius 2 is 1.68 bits per heavy atom. The number of aryl methyl sites for hydroxylation is 2. The third-order valence-electron chi connectivity index (χ3n) is 13.8. The van der Waals surface area contributed by atoms with E-state index in [1.54, 1.807) is 27.4 Å². The van der Waals surface area contributed by atoms with Crippen LogP contribution in [0.2, 0.25) is 10.0 Å². The molecular weight excluding hydrogens is 1000 g/mol. The van der Waals surface area contributed by atoms with Gasteiger partial charge in [0.15, 0.2) is 5.52 Å². The van der Waals surface area contributed by atoms with Gasteiger partial charge in [0.25, 0.3) is 5.56 Å². The number of piperidine rings is 1. The summed E-state index contributed by atoms with van der Waals surface area (Å²) in [5.41, 5.74) is 7.49. The van der Waals surface area contributed by atoms with Crippen molar-refractivity contribution in [1.29, 1.82) is 0 Å². The average molecular weight is 1060 g/mol. The van der Waals surface area contributed by atoms with Crippen molar-refractivity contribution in [2.75, 3.05) is 45.9 Å². The van der Waals surface area contributed by atoms with Gasteiger partial charge in [-0.1, -0.05) is 84.7 Å². The molecule has 21 heteroatoms. The van der Waals surface area contributed by atoms with E-state index in [9.17, 15) is 34.2 Å². The van der Waals surface area contributed by atoms with Crippen molar-refractivity contribution in [3.8, 4) is 22.5 Å². The third kappa shape index (κ3) is 13.1. The Kier molecular flexibility index (Phi) is 18.2. The maximum atomic E-state index is 13.4. The second-order valence-corrected chi connectivity index (χ2v) is 19.9. The van der Waals surface area contributed by atoms with Crippen molar-refractivity contribution in [1.82, 2.24) is 59.8 Å². The number of halogens is 2. The molecule has 6 heterocycles. The second-order valence-electron chi connectivity index (χ2n) is 19.1. The van der Waals surface area contributed by atoms with Crippen LogP contribution in [0.15, 0.2) is 84.0 Å². The number of benzene rings is 3. The van der Waals surface area contributed by atoms with Gasteiger partial charge in [-0.2, -0.15) is 10.2 Å². The van der Waals surface area contributed by atoms with Gasteiger partial charge < -0.3 is 40.9 Å². The molecule has 7 aromatic rings. The second kappa shape index (κ2) is 25.1. The fourth-order valence-electron chi connectivity index (χ4n) is 9.73. The first kappa shape index (κ1) is 54.4. The lowest BCUT2D eigenvalue weighted by Gasteiger charge is -2.38. The Morgan fingerprint density at radius 1 is 0.907 bits per heavy atom. The van der Waals surface area contributed by atoms with E-state index in [-0.39, 0.29) is 35.3 Å². The van der Waals surface area contributed by atoms with Crippen molar-refractivity contribution in [3.63, 3.8) is 0 Å². The van der Waals surface area contributed by atoms with Crippen LogP contribution < -0.4 is 21.5 Å². The van der Waals surface area contributed by atoms with E-state index in [2.05, 4.69) is 36.1 Å². The number of amides is 4. The minimum absolute atomic E-state index is 0.0343. The first-order valence-corrected chi connectivity index (χ1v) is 26.2. The monoisotopic (exact) mass is 1060 g/mol. The topological polar surface area (TPSA) is 238 Å². The molecular formula is C54H64Cl2N12O7. The smallest absolute Gasteiger partial charge is 0.281 e. The minimum atomic E-state index is -1.11. The molecule has 75 heavy (non-hydrogen) atoms. The predicted molar refractivity (Wildman–Crippen MR) is 288 cm³/mol. The molecule has 0 radical (unpaired) electrons. The largest absolute Gasteiger partial charge is 0.388 e. The van der Waals surface area contributed by atoms with Gasteiger partial charge in [0.2, 0.25) is 24.1 Å². The van der Waals surface area contributed by atoms with Crippen LogP contribution >= 0.6 is 23.2 Å². The minimum Gasteiger partial charge on any atom is -0.388 e. The zero-order chi connectivity index (χ0) is 53.1. The summed E-state index contributed by atoms with van der Waals surface area (Å²) in [4.78, 5) is 71.7. The predicted octanol–water partition coefficient (Wildman–Crippen LogP) is 5.14. The molecule has 2 aliphatic heterocycles. The van der Waals surface area contributed by atoms with Gasteiger partial charge in [-0.05, 0) is 61.9 Å². The molecule has 9 rings (SSSR count). The van der Waals surface area contributed by atoms with Gasteiger partial charge in [0.05, 0.1) is 52.0 Å². The number of H-pyrrole nitrogens is 1. The molecule has 396 valence electrons. The highest BCUT2D eigenvalue weighted by Gasteiger charge is 2.35. The molecule has 0 atom stereocenters. The van der Waals surface area contributed by atoms with Crippen LogP contribution in [0.4, 0.5) is 0 Å². The zero-order valence-corrected chi connectivity index (χ0v) is 43.8. The Morgan fingerprint density at radius 3 is 2.41 bits per heavy atom. The molecule has 0 unspecified atom stereocenters. The van der Waals surface area contributed by atoms with Crippen LogP contribution in [0.25, 0.3) is 44.5 Å². The fourth-order valence-corrected chi connectivity index (χ4v) is 10.1. The van der Waals surface area contributed by atoms with E-state index in [0.717, 1.165) is 75.2 Å². The van der Waals surface area contributed by atoms with Crippen molar-refractivity contribution in [3.05, 3.63) is 122 Å². The number of carbonyl (C=O) groups excluding carboxylic acids is 4. The molecule has 6 N–H and O–H groups in total. The number of carbonyl (C=O) groups is 4. The summed E-state index contributed by atoms with van der Waals surface area (Å²) in [6.45, 7) is 6.54. The van der Waals surface area contributed by atoms with Gasteiger partial charge in [0, 0.05) is 106 Å². The number of likely N-dealkylation sites (tertiary alicyclic amines) is 1. The van der Waals surface area contributed by atoms with Crippen molar-refractivity contribution in [2.45, 2.75) is 90.1 Å². The van der Waals surface area contributed by atoms with E-state index in [4.69, 9.17) is 23.2 Å². The van der Waals surface area contributed by atoms with E-state index >= 15 is 0 Å². The van der Waals surface area contributed by atoms with Crippen LogP contribution in [0.3, 0.4) is 0 Å². The lowest BCUT2D eigenvalue weighted by molar-refractivity contribution is -0.136. The summed E-state index contributed by atoms with van der Waals surface area (Å²) < 4.78 is 4.88. The van der Waals surface area contributed by atoms with Crippen LogP contribution in [-0.4, -0.2) is 130 Å². The number of nitrogens with one attached hydrogen (secondary N) is 4. The highest BCUT2D eigenvalue weighted by molar-refractivity contribution is 6.45. The van der Waals surface area contributed by atoms with Crippen molar-refractivity contribution in [2.24, 2.45) is 7.05 Å². The van der Waals surface area contributed by atoms with Gasteiger partial charge in [-0.25, -0.2) is 4.98 Å². The van der Waals surface area contributed by atoms with E-state index in [1.165, 1.54) is 10.9 Å². The fraction of sp³-hybridized carbons (Fsp3) is 0.407. The van der Waals surface area contributed by atoms with Crippen LogP contribution in [0.5, 0.6) is 0 Å². The molecule has 0 aliphatic carbocycles. The summed E-state index contributed by atoms with van der Waals surface area (Å²) in [7, 11) is 1.79. The first-order chi connectivity index (χ1) is 36.3. The van der Waals surface area contributed by atoms with Crippen LogP contribution in [-0.2, 0) is 65.2 Å². The highest BCUT2D eigenvalue weighted by Crippen LogP contribution is 2.42. The Labute approximate surface area is 444 Å². The number of aromatic amines is 1. The standard InChI is InChI=1S/C32H39N7O4.C22H25Cl2N5O3/c1-37-30(26-11-8-25(9-12-26)20-33-16-5-17-34-23-40)28-29(36-37)31(42)39(22-35-28)21-32(43)14-18-38(19-15-32)27(41)13-10-24-6-3-2-4-7-24;1-2-3-18(31)25-6-9-29-8-5-17(27-29)13-10-15(23)21(24)22-20(13)14-11-28(19(32)12-30)7-4-16(14)26-22/h2-4,6-9,11-12,22-23,33,43H,5,10,13-21H2,1H3,(H,34,40);5,8,10,26,30H,2-4,6-7,9,11-12H2,1H3,(H,25,31). The van der Waals surface area contributed by atoms with Gasteiger partial charge >= 0.3 is 0 Å². The van der Waals surface area contributed by atoms with Crippen molar-refractivity contribution >= 4 is 69.3 Å². The summed E-state index contributed by atoms with van der Waals surface area (Å²) in [5.74, 6) is -0.187. The number of aliphatic hydroxyl groups excluding tert-OH is 1. The lowest BCUT2D eigenvalue weighted by Crippen LogP contribution is -2.49. The number of aliphatic hydroxyl groups is 2. The molecule has 2 aliphatic rings. The van der Waals surface area contributed by atoms with Gasteiger partial charge in [-0.3, -0.25) is 37.9 Å². The van der Waals surface area contributed by atoms with E-state index in [0.29, 0.717) is 113 Å². The molecule has 0 bridgehead atoms. The number of aromatic nitrogens is 7. The highest BCUT2D eigenvalue weighted by atomic mass is 35.5. The maximum Gasteiger partial charge on any atom is 0.281 e. The van der Waals surface area contributed by atoms with Crippen molar-refractivity contribution < 1.29 is 29.4 Å². The summed E-state index contributed by atoms with van der Waals surface area (Å²) in [6, 6.07) is 21.7. The number of hydrogen-bond acceptors (Lipinski definition) is 11. The average Bonchev–Trinajstić information content (AvgIpc) is 4.15. The molecule has 1 fully saturated rings. The third-order valence-corrected chi connectivity index (χ3v) is 14.6. The molecule has 19 nitrogen and oxygen atoms in total. The number of hydrogen-bond donors (Lipinski definition) is 6. The Hall–Kier alpha value is -6.90. The molecule has 4 amide bonds. The molecule has 0 saturated carbocycles.